The number of fused-ring (bicyclic) bond motifs is 11. The highest BCUT2D eigenvalue weighted by atomic mass is 16.3. The van der Waals surface area contributed by atoms with Crippen molar-refractivity contribution < 1.29 is 4.42 Å². The fourth-order valence-corrected chi connectivity index (χ4v) is 9.45. The predicted octanol–water partition coefficient (Wildman–Crippen LogP) is 14.6. The SMILES string of the molecule is c1ccc(-c2ccc(-c3nc(-c4ccc(-c5ccccc5)cc4)nc(-n4c5ccccc5c5ccc6c7ccc8c9ccccc9n(-c9ccccc9)c8c7oc6c54)n3)cc2)cc1. The number of furan rings is 1. The molecule has 63 heavy (non-hydrogen) atoms. The second-order valence-corrected chi connectivity index (χ2v) is 16.0. The Morgan fingerprint density at radius 2 is 0.667 bits per heavy atom. The topological polar surface area (TPSA) is 61.7 Å². The van der Waals surface area contributed by atoms with E-state index in [1.165, 1.54) is 5.39 Å². The summed E-state index contributed by atoms with van der Waals surface area (Å²) < 4.78 is 11.8. The minimum atomic E-state index is 0.511. The van der Waals surface area contributed by atoms with Gasteiger partial charge in [0.2, 0.25) is 5.95 Å². The second kappa shape index (κ2) is 14.0. The molecule has 4 heterocycles. The molecule has 0 N–H and O–H groups in total. The predicted molar refractivity (Wildman–Crippen MR) is 258 cm³/mol. The van der Waals surface area contributed by atoms with Crippen molar-refractivity contribution in [3.63, 3.8) is 0 Å². The standard InChI is InChI=1S/C57H35N5O/c1-4-14-36(15-5-1)38-24-28-40(29-25-38)55-58-56(41-30-26-39(27-31-41)37-16-6-2-7-17-37)60-57(59-55)62-50-23-13-11-21-44(50)46-33-35-48-47-34-32-45-43-20-10-12-22-49(43)61(42-18-8-3-9-19-42)51(45)53(47)63-54(48)52(46)62/h1-35H. The first kappa shape index (κ1) is 35.2. The molecule has 0 bridgehead atoms. The van der Waals surface area contributed by atoms with E-state index >= 15 is 0 Å². The van der Waals surface area contributed by atoms with Crippen LogP contribution in [0.15, 0.2) is 217 Å². The highest BCUT2D eigenvalue weighted by molar-refractivity contribution is 6.26. The van der Waals surface area contributed by atoms with Gasteiger partial charge in [-0.05, 0) is 58.7 Å². The molecule has 9 aromatic carbocycles. The van der Waals surface area contributed by atoms with Crippen molar-refractivity contribution in [1.82, 2.24) is 24.1 Å². The summed E-state index contributed by atoms with van der Waals surface area (Å²) in [6, 6.07) is 74.3. The highest BCUT2D eigenvalue weighted by Gasteiger charge is 2.24. The van der Waals surface area contributed by atoms with Crippen molar-refractivity contribution in [2.45, 2.75) is 0 Å². The van der Waals surface area contributed by atoms with Gasteiger partial charge in [0.05, 0.1) is 16.6 Å². The van der Waals surface area contributed by atoms with Gasteiger partial charge in [0.15, 0.2) is 22.8 Å². The van der Waals surface area contributed by atoms with E-state index in [9.17, 15) is 0 Å². The summed E-state index contributed by atoms with van der Waals surface area (Å²) in [7, 11) is 0. The second-order valence-electron chi connectivity index (χ2n) is 16.0. The van der Waals surface area contributed by atoms with Gasteiger partial charge in [0, 0.05) is 49.1 Å². The average Bonchev–Trinajstić information content (AvgIpc) is 4.03. The van der Waals surface area contributed by atoms with Crippen LogP contribution in [0.5, 0.6) is 0 Å². The molecule has 0 aliphatic carbocycles. The Morgan fingerprint density at radius 1 is 0.286 bits per heavy atom. The maximum atomic E-state index is 7.29. The molecule has 0 saturated heterocycles. The van der Waals surface area contributed by atoms with Gasteiger partial charge in [-0.25, -0.2) is 4.98 Å². The van der Waals surface area contributed by atoms with Gasteiger partial charge >= 0.3 is 0 Å². The summed E-state index contributed by atoms with van der Waals surface area (Å²) in [5.41, 5.74) is 13.1. The number of rotatable bonds is 6. The average molecular weight is 806 g/mol. The molecule has 4 aromatic heterocycles. The molecule has 0 amide bonds. The minimum absolute atomic E-state index is 0.511. The third-order valence-electron chi connectivity index (χ3n) is 12.4. The van der Waals surface area contributed by atoms with Crippen molar-refractivity contribution in [2.24, 2.45) is 0 Å². The molecule has 294 valence electrons. The molecule has 0 aliphatic heterocycles. The Kier molecular flexibility index (Phi) is 7.80. The van der Waals surface area contributed by atoms with Gasteiger partial charge in [0.1, 0.15) is 5.52 Å². The first-order valence-electron chi connectivity index (χ1n) is 21.2. The van der Waals surface area contributed by atoms with Gasteiger partial charge in [-0.2, -0.15) is 9.97 Å². The lowest BCUT2D eigenvalue weighted by Crippen LogP contribution is -2.06. The van der Waals surface area contributed by atoms with Gasteiger partial charge in [-0.3, -0.25) is 4.57 Å². The summed E-state index contributed by atoms with van der Waals surface area (Å²) in [6.07, 6.45) is 0. The summed E-state index contributed by atoms with van der Waals surface area (Å²) in [6.45, 7) is 0. The smallest absolute Gasteiger partial charge is 0.238 e. The van der Waals surface area contributed by atoms with E-state index < -0.39 is 0 Å². The van der Waals surface area contributed by atoms with Crippen LogP contribution in [0.4, 0.5) is 0 Å². The van der Waals surface area contributed by atoms with E-state index in [1.54, 1.807) is 0 Å². The number of aromatic nitrogens is 5. The Labute approximate surface area is 361 Å². The molecule has 0 saturated carbocycles. The van der Waals surface area contributed by atoms with Crippen LogP contribution in [0.1, 0.15) is 0 Å². The fraction of sp³-hybridized carbons (Fsp3) is 0. The molecule has 0 unspecified atom stereocenters. The van der Waals surface area contributed by atoms with Gasteiger partial charge in [-0.15, -0.1) is 0 Å². The van der Waals surface area contributed by atoms with Gasteiger partial charge in [0.25, 0.3) is 0 Å². The van der Waals surface area contributed by atoms with Crippen molar-refractivity contribution in [1.29, 1.82) is 0 Å². The first-order chi connectivity index (χ1) is 31.2. The molecular weight excluding hydrogens is 771 g/mol. The van der Waals surface area contributed by atoms with E-state index in [0.717, 1.165) is 99.2 Å². The monoisotopic (exact) mass is 805 g/mol. The van der Waals surface area contributed by atoms with Crippen LogP contribution < -0.4 is 0 Å². The first-order valence-corrected chi connectivity index (χ1v) is 21.2. The lowest BCUT2D eigenvalue weighted by Gasteiger charge is -2.12. The van der Waals surface area contributed by atoms with Crippen LogP contribution in [-0.2, 0) is 0 Å². The van der Waals surface area contributed by atoms with Crippen LogP contribution in [0.2, 0.25) is 0 Å². The summed E-state index contributed by atoms with van der Waals surface area (Å²) in [5, 5.41) is 6.53. The Bertz CT molecular complexity index is 3770. The summed E-state index contributed by atoms with van der Waals surface area (Å²) in [4.78, 5) is 15.8. The third kappa shape index (κ3) is 5.55. The maximum Gasteiger partial charge on any atom is 0.238 e. The van der Waals surface area contributed by atoms with Gasteiger partial charge < -0.3 is 8.98 Å². The van der Waals surface area contributed by atoms with Crippen LogP contribution in [0.3, 0.4) is 0 Å². The zero-order chi connectivity index (χ0) is 41.4. The highest BCUT2D eigenvalue weighted by Crippen LogP contribution is 2.44. The fourth-order valence-electron chi connectivity index (χ4n) is 9.45. The third-order valence-corrected chi connectivity index (χ3v) is 12.4. The van der Waals surface area contributed by atoms with Crippen molar-refractivity contribution in [3.8, 4) is 56.7 Å². The molecule has 6 nitrogen and oxygen atoms in total. The van der Waals surface area contributed by atoms with E-state index in [2.05, 4.69) is 209 Å². The molecule has 0 aliphatic rings. The zero-order valence-corrected chi connectivity index (χ0v) is 33.9. The van der Waals surface area contributed by atoms with E-state index in [1.807, 2.05) is 12.1 Å². The van der Waals surface area contributed by atoms with Crippen molar-refractivity contribution in [3.05, 3.63) is 212 Å². The number of hydrogen-bond acceptors (Lipinski definition) is 4. The summed E-state index contributed by atoms with van der Waals surface area (Å²) in [5.74, 6) is 1.68. The molecule has 6 heteroatoms. The number of benzene rings is 9. The number of hydrogen-bond donors (Lipinski definition) is 0. The van der Waals surface area contributed by atoms with E-state index in [4.69, 9.17) is 19.4 Å². The molecule has 13 rings (SSSR count). The lowest BCUT2D eigenvalue weighted by atomic mass is 10.0. The number of nitrogens with zero attached hydrogens (tertiary/aromatic N) is 5. The quantitative estimate of drug-likeness (QED) is 0.168. The van der Waals surface area contributed by atoms with Crippen LogP contribution in [0.25, 0.3) is 122 Å². The Hall–Kier alpha value is -8.61. The van der Waals surface area contributed by atoms with Crippen molar-refractivity contribution >= 4 is 65.6 Å². The molecule has 0 spiro atoms. The lowest BCUT2D eigenvalue weighted by molar-refractivity contribution is 0.673. The Balaban J connectivity index is 1.08. The Morgan fingerprint density at radius 3 is 1.17 bits per heavy atom. The maximum absolute atomic E-state index is 7.29. The van der Waals surface area contributed by atoms with E-state index in [-0.39, 0.29) is 0 Å². The normalized spacial score (nSPS) is 11.8. The molecule has 13 aromatic rings. The van der Waals surface area contributed by atoms with Crippen molar-refractivity contribution in [2.75, 3.05) is 0 Å². The molecule has 0 radical (unpaired) electrons. The number of para-hydroxylation sites is 3. The molecule has 0 fully saturated rings. The van der Waals surface area contributed by atoms with Gasteiger partial charge in [-0.1, -0.05) is 176 Å². The summed E-state index contributed by atoms with van der Waals surface area (Å²) >= 11 is 0. The zero-order valence-electron chi connectivity index (χ0n) is 33.9. The molecule has 0 atom stereocenters. The van der Waals surface area contributed by atoms with E-state index in [0.29, 0.717) is 17.6 Å². The van der Waals surface area contributed by atoms with Crippen LogP contribution >= 0.6 is 0 Å². The van der Waals surface area contributed by atoms with Crippen LogP contribution in [0, 0.1) is 0 Å². The minimum Gasteiger partial charge on any atom is -0.452 e. The largest absolute Gasteiger partial charge is 0.452 e. The van der Waals surface area contributed by atoms with Crippen LogP contribution in [-0.4, -0.2) is 24.1 Å². The molecular formula is C57H35N5O.